The van der Waals surface area contributed by atoms with Crippen LogP contribution < -0.4 is 4.90 Å². The summed E-state index contributed by atoms with van der Waals surface area (Å²) >= 11 is 0. The number of phenolic OH excluding ortho intramolecular Hbond substituents is 1. The number of aromatic hydroxyl groups is 1. The van der Waals surface area contributed by atoms with Gasteiger partial charge in [-0.2, -0.15) is 0 Å². The highest BCUT2D eigenvalue weighted by Crippen LogP contribution is 2.41. The van der Waals surface area contributed by atoms with Crippen LogP contribution >= 0.6 is 0 Å². The molecule has 1 amide bonds. The molecule has 27 heavy (non-hydrogen) atoms. The molecule has 0 heterocycles. The van der Waals surface area contributed by atoms with E-state index in [1.165, 1.54) is 12.0 Å². The van der Waals surface area contributed by atoms with Gasteiger partial charge < -0.3 is 19.1 Å². The van der Waals surface area contributed by atoms with Crippen LogP contribution in [0.15, 0.2) is 6.07 Å². The van der Waals surface area contributed by atoms with E-state index in [-0.39, 0.29) is 17.3 Å². The number of benzene rings is 1. The minimum atomic E-state index is -1.92. The molecule has 1 aromatic rings. The van der Waals surface area contributed by atoms with Crippen molar-refractivity contribution in [2.24, 2.45) is 0 Å². The van der Waals surface area contributed by atoms with Gasteiger partial charge >= 0.3 is 6.09 Å². The molecule has 7 heteroatoms. The summed E-state index contributed by atoms with van der Waals surface area (Å²) in [7, 11) is -0.639. The number of ether oxygens (including phenoxy) is 1. The number of carbonyl (C=O) groups is 2. The fourth-order valence-electron chi connectivity index (χ4n) is 2.95. The number of rotatable bonds is 7. The maximum absolute atomic E-state index is 12.2. The molecule has 1 aromatic carbocycles. The average molecular weight is 394 g/mol. The van der Waals surface area contributed by atoms with Crippen LogP contribution in [0.4, 0.5) is 10.5 Å². The van der Waals surface area contributed by atoms with Gasteiger partial charge in [0.2, 0.25) is 0 Å². The van der Waals surface area contributed by atoms with E-state index in [1.807, 2.05) is 6.07 Å². The first-order chi connectivity index (χ1) is 12.5. The summed E-state index contributed by atoms with van der Waals surface area (Å²) in [6, 6.07) is 1.89. The molecule has 0 spiro atoms. The second-order valence-corrected chi connectivity index (χ2v) is 13.3. The first kappa shape index (κ1) is 21.4. The Morgan fingerprint density at radius 2 is 2.00 bits per heavy atom. The number of aryl methyl sites for hydroxylation is 1. The molecule has 2 rings (SSSR count). The maximum atomic E-state index is 12.2. The van der Waals surface area contributed by atoms with Gasteiger partial charge in [0.05, 0.1) is 19.3 Å². The third-order valence-electron chi connectivity index (χ3n) is 5.79. The molecule has 0 aromatic heterocycles. The fraction of sp³-hybridized carbons (Fsp3) is 0.600. The maximum Gasteiger partial charge on any atom is 0.414 e. The molecule has 0 unspecified atom stereocenters. The molecule has 0 saturated carbocycles. The molecule has 1 aliphatic rings. The lowest BCUT2D eigenvalue weighted by Gasteiger charge is -2.36. The number of hydrogen-bond donors (Lipinski definition) is 1. The Morgan fingerprint density at radius 1 is 1.33 bits per heavy atom. The van der Waals surface area contributed by atoms with Crippen molar-refractivity contribution >= 4 is 26.4 Å². The van der Waals surface area contributed by atoms with E-state index < -0.39 is 14.4 Å². The second kappa shape index (κ2) is 8.02. The van der Waals surface area contributed by atoms with Crippen LogP contribution in [0.25, 0.3) is 0 Å². The van der Waals surface area contributed by atoms with Gasteiger partial charge in [-0.3, -0.25) is 4.90 Å². The molecular formula is C20H31NO5Si. The van der Waals surface area contributed by atoms with E-state index in [1.54, 1.807) is 0 Å². The summed E-state index contributed by atoms with van der Waals surface area (Å²) in [5, 5.41) is 10.9. The van der Waals surface area contributed by atoms with Gasteiger partial charge in [-0.15, -0.1) is 0 Å². The third-order valence-corrected chi connectivity index (χ3v) is 10.3. The van der Waals surface area contributed by atoms with Gasteiger partial charge in [0.1, 0.15) is 12.0 Å². The zero-order valence-corrected chi connectivity index (χ0v) is 18.2. The summed E-state index contributed by atoms with van der Waals surface area (Å²) in [6.45, 7) is 11.2. The molecule has 0 bridgehead atoms. The summed E-state index contributed by atoms with van der Waals surface area (Å²) in [4.78, 5) is 24.6. The first-order valence-electron chi connectivity index (χ1n) is 9.33. The van der Waals surface area contributed by atoms with E-state index >= 15 is 0 Å². The SMILES string of the molecule is COC(=O)N(CC=O)c1cc2c(c(O)c1CCO[Si](C)(C)C(C)(C)C)CC2. The van der Waals surface area contributed by atoms with Crippen molar-refractivity contribution in [2.75, 3.05) is 25.2 Å². The van der Waals surface area contributed by atoms with Crippen molar-refractivity contribution in [1.82, 2.24) is 0 Å². The van der Waals surface area contributed by atoms with Crippen LogP contribution in [0.2, 0.25) is 18.1 Å². The Kier molecular flexibility index (Phi) is 6.37. The topological polar surface area (TPSA) is 76.1 Å². The van der Waals surface area contributed by atoms with Crippen molar-refractivity contribution in [3.8, 4) is 5.75 Å². The molecule has 0 aliphatic heterocycles. The fourth-order valence-corrected chi connectivity index (χ4v) is 3.99. The van der Waals surface area contributed by atoms with Gasteiger partial charge in [-0.1, -0.05) is 20.8 Å². The Bertz CT molecular complexity index is 724. The predicted octanol–water partition coefficient (Wildman–Crippen LogP) is 3.83. The van der Waals surface area contributed by atoms with Gasteiger partial charge in [0.15, 0.2) is 8.32 Å². The summed E-state index contributed by atoms with van der Waals surface area (Å²) in [5.41, 5.74) is 3.11. The number of amides is 1. The average Bonchev–Trinajstić information content (AvgIpc) is 2.55. The molecule has 6 nitrogen and oxygen atoms in total. The van der Waals surface area contributed by atoms with Crippen molar-refractivity contribution in [3.05, 3.63) is 22.8 Å². The smallest absolute Gasteiger partial charge is 0.414 e. The Balaban J connectivity index is 2.33. The van der Waals surface area contributed by atoms with Crippen molar-refractivity contribution < 1.29 is 23.9 Å². The monoisotopic (exact) mass is 393 g/mol. The number of phenols is 1. The Hall–Kier alpha value is -1.86. The minimum absolute atomic E-state index is 0.0912. The van der Waals surface area contributed by atoms with Crippen LogP contribution in [0, 0.1) is 0 Å². The summed E-state index contributed by atoms with van der Waals surface area (Å²) in [6.07, 6.45) is 2.18. The predicted molar refractivity (Wildman–Crippen MR) is 108 cm³/mol. The molecule has 0 fully saturated rings. The van der Waals surface area contributed by atoms with Crippen LogP contribution in [0.1, 0.15) is 37.5 Å². The van der Waals surface area contributed by atoms with E-state index in [2.05, 4.69) is 33.9 Å². The van der Waals surface area contributed by atoms with E-state index in [9.17, 15) is 14.7 Å². The van der Waals surface area contributed by atoms with Gasteiger partial charge in [0.25, 0.3) is 0 Å². The minimum Gasteiger partial charge on any atom is -0.507 e. The number of carbonyl (C=O) groups excluding carboxylic acids is 2. The molecule has 0 saturated heterocycles. The number of aldehydes is 1. The van der Waals surface area contributed by atoms with Crippen molar-refractivity contribution in [1.29, 1.82) is 0 Å². The first-order valence-corrected chi connectivity index (χ1v) is 12.2. The molecule has 0 atom stereocenters. The number of methoxy groups -OCH3 is 1. The largest absolute Gasteiger partial charge is 0.507 e. The quantitative estimate of drug-likeness (QED) is 0.563. The molecular weight excluding hydrogens is 362 g/mol. The normalized spacial score (nSPS) is 13.6. The zero-order chi connectivity index (χ0) is 20.4. The van der Waals surface area contributed by atoms with Gasteiger partial charge in [-0.05, 0) is 48.2 Å². The van der Waals surface area contributed by atoms with Gasteiger partial charge in [-0.25, -0.2) is 4.79 Å². The van der Waals surface area contributed by atoms with Gasteiger partial charge in [0, 0.05) is 18.6 Å². The summed E-state index contributed by atoms with van der Waals surface area (Å²) < 4.78 is 11.1. The number of nitrogens with zero attached hydrogens (tertiary/aromatic N) is 1. The summed E-state index contributed by atoms with van der Waals surface area (Å²) in [5.74, 6) is 0.215. The number of fused-ring (bicyclic) bond motifs is 1. The van der Waals surface area contributed by atoms with E-state index in [0.717, 1.165) is 24.0 Å². The lowest BCUT2D eigenvalue weighted by Crippen LogP contribution is -2.41. The molecule has 0 radical (unpaired) electrons. The number of hydrogen-bond acceptors (Lipinski definition) is 5. The van der Waals surface area contributed by atoms with E-state index in [0.29, 0.717) is 30.6 Å². The Labute approximate surface area is 162 Å². The number of anilines is 1. The highest BCUT2D eigenvalue weighted by atomic mass is 28.4. The Morgan fingerprint density at radius 3 is 2.48 bits per heavy atom. The van der Waals surface area contributed by atoms with Crippen LogP contribution in [0.3, 0.4) is 0 Å². The van der Waals surface area contributed by atoms with Crippen LogP contribution in [0.5, 0.6) is 5.75 Å². The lowest BCUT2D eigenvalue weighted by molar-refractivity contribution is -0.106. The van der Waals surface area contributed by atoms with Crippen LogP contribution in [-0.2, 0) is 33.2 Å². The lowest BCUT2D eigenvalue weighted by atomic mass is 9.84. The van der Waals surface area contributed by atoms with Crippen molar-refractivity contribution in [3.63, 3.8) is 0 Å². The van der Waals surface area contributed by atoms with Crippen LogP contribution in [-0.4, -0.2) is 46.1 Å². The third kappa shape index (κ3) is 4.35. The standard InChI is InChI=1S/C20H31NO5Si/c1-20(2,3)27(5,6)26-12-9-16-17(21(10-11-22)19(24)25-4)13-14-7-8-15(14)18(16)23/h11,13,23H,7-10,12H2,1-6H3. The van der Waals surface area contributed by atoms with E-state index in [4.69, 9.17) is 9.16 Å². The molecule has 1 aliphatic carbocycles. The molecule has 150 valence electrons. The van der Waals surface area contributed by atoms with Crippen molar-refractivity contribution in [2.45, 2.75) is 58.2 Å². The zero-order valence-electron chi connectivity index (χ0n) is 17.2. The second-order valence-electron chi connectivity index (χ2n) is 8.47. The highest BCUT2D eigenvalue weighted by Gasteiger charge is 2.37. The highest BCUT2D eigenvalue weighted by molar-refractivity contribution is 6.74. The molecule has 1 N–H and O–H groups in total.